The summed E-state index contributed by atoms with van der Waals surface area (Å²) in [5, 5.41) is 11.1. The van der Waals surface area contributed by atoms with Crippen LogP contribution in [0.25, 0.3) is 5.76 Å². The van der Waals surface area contributed by atoms with Crippen molar-refractivity contribution < 1.29 is 19.4 Å². The summed E-state index contributed by atoms with van der Waals surface area (Å²) in [7, 11) is 0. The Labute approximate surface area is 192 Å². The number of ketones is 1. The molecular formula is C26H25N3O4. The molecule has 1 atom stereocenters. The van der Waals surface area contributed by atoms with Crippen LogP contribution in [0.1, 0.15) is 42.5 Å². The van der Waals surface area contributed by atoms with Crippen LogP contribution < -0.4 is 4.74 Å². The molecule has 4 rings (SSSR count). The van der Waals surface area contributed by atoms with Gasteiger partial charge >= 0.3 is 0 Å². The topological polar surface area (TPSA) is 92.6 Å². The molecule has 0 saturated carbocycles. The predicted molar refractivity (Wildman–Crippen MR) is 123 cm³/mol. The Balaban J connectivity index is 1.72. The molecule has 1 aliphatic rings. The third-order valence-electron chi connectivity index (χ3n) is 5.51. The first kappa shape index (κ1) is 22.2. The van der Waals surface area contributed by atoms with E-state index in [0.717, 1.165) is 18.4 Å². The third kappa shape index (κ3) is 4.77. The molecule has 3 heterocycles. The number of aromatic nitrogens is 2. The fourth-order valence-electron chi connectivity index (χ4n) is 3.81. The lowest BCUT2D eigenvalue weighted by Crippen LogP contribution is -2.29. The van der Waals surface area contributed by atoms with Gasteiger partial charge in [0.2, 0.25) is 0 Å². The van der Waals surface area contributed by atoms with Crippen molar-refractivity contribution in [2.45, 2.75) is 32.4 Å². The van der Waals surface area contributed by atoms with Crippen LogP contribution in [-0.2, 0) is 16.1 Å². The van der Waals surface area contributed by atoms with E-state index in [2.05, 4.69) is 16.9 Å². The molecule has 0 unspecified atom stereocenters. The van der Waals surface area contributed by atoms with Gasteiger partial charge < -0.3 is 14.7 Å². The van der Waals surface area contributed by atoms with Crippen molar-refractivity contribution in [2.24, 2.45) is 0 Å². The quantitative estimate of drug-likeness (QED) is 0.242. The van der Waals surface area contributed by atoms with Crippen LogP contribution in [0.5, 0.6) is 5.75 Å². The highest BCUT2D eigenvalue weighted by Crippen LogP contribution is 2.40. The summed E-state index contributed by atoms with van der Waals surface area (Å²) in [6.45, 7) is 2.88. The number of rotatable bonds is 8. The van der Waals surface area contributed by atoms with E-state index in [1.54, 1.807) is 67.3 Å². The number of carbonyl (C=O) groups is 2. The summed E-state index contributed by atoms with van der Waals surface area (Å²) >= 11 is 0. The van der Waals surface area contributed by atoms with Gasteiger partial charge in [-0.05, 0) is 53.9 Å². The van der Waals surface area contributed by atoms with E-state index in [1.165, 1.54) is 4.90 Å². The van der Waals surface area contributed by atoms with Crippen molar-refractivity contribution in [1.82, 2.24) is 14.9 Å². The van der Waals surface area contributed by atoms with Crippen LogP contribution in [0.15, 0.2) is 78.9 Å². The Hall–Kier alpha value is -4.00. The summed E-state index contributed by atoms with van der Waals surface area (Å²) in [5.74, 6) is -0.945. The van der Waals surface area contributed by atoms with E-state index in [4.69, 9.17) is 4.74 Å². The SMILES string of the molecule is CCCCOc1ccc(C(O)=C2C(=O)C(=O)N(Cc3cccnc3)[C@@H]2c2cccnc2)cc1. The van der Waals surface area contributed by atoms with E-state index in [1.807, 2.05) is 6.07 Å². The van der Waals surface area contributed by atoms with Crippen LogP contribution in [0.4, 0.5) is 0 Å². The standard InChI is InChI=1S/C26H25N3O4/c1-2-3-14-33-21-10-8-19(9-11-21)24(30)22-23(20-7-5-13-28-16-20)29(26(32)25(22)31)17-18-6-4-12-27-15-18/h4-13,15-16,23,30H,2-3,14,17H2,1H3/t23-/m1/s1. The molecule has 7 nitrogen and oxygen atoms in total. The maximum atomic E-state index is 13.1. The molecule has 1 fully saturated rings. The minimum Gasteiger partial charge on any atom is -0.507 e. The fraction of sp³-hybridized carbons (Fsp3) is 0.231. The Morgan fingerprint density at radius 3 is 2.39 bits per heavy atom. The molecule has 0 aliphatic carbocycles. The number of nitrogens with zero attached hydrogens (tertiary/aromatic N) is 3. The van der Waals surface area contributed by atoms with Crippen LogP contribution in [0.2, 0.25) is 0 Å². The first-order chi connectivity index (χ1) is 16.1. The number of benzene rings is 1. The average molecular weight is 444 g/mol. The maximum absolute atomic E-state index is 13.1. The predicted octanol–water partition coefficient (Wildman–Crippen LogP) is 4.28. The molecule has 1 amide bonds. The van der Waals surface area contributed by atoms with Crippen LogP contribution in [-0.4, -0.2) is 38.3 Å². The van der Waals surface area contributed by atoms with E-state index in [0.29, 0.717) is 23.5 Å². The fourth-order valence-corrected chi connectivity index (χ4v) is 3.81. The lowest BCUT2D eigenvalue weighted by Gasteiger charge is -2.25. The Bertz CT molecular complexity index is 1150. The van der Waals surface area contributed by atoms with Crippen LogP contribution >= 0.6 is 0 Å². The minimum atomic E-state index is -0.764. The molecule has 2 aromatic heterocycles. The van der Waals surface area contributed by atoms with Gasteiger partial charge in [0.1, 0.15) is 11.5 Å². The van der Waals surface area contributed by atoms with E-state index < -0.39 is 17.7 Å². The second kappa shape index (κ2) is 10.1. The molecule has 1 N–H and O–H groups in total. The molecule has 1 aromatic carbocycles. The third-order valence-corrected chi connectivity index (χ3v) is 5.51. The summed E-state index contributed by atoms with van der Waals surface area (Å²) in [4.78, 5) is 35.8. The van der Waals surface area contributed by atoms with Crippen molar-refractivity contribution in [3.63, 3.8) is 0 Å². The second-order valence-corrected chi connectivity index (χ2v) is 7.80. The number of hydrogen-bond donors (Lipinski definition) is 1. The summed E-state index contributed by atoms with van der Waals surface area (Å²) in [5.41, 5.74) is 1.89. The molecule has 7 heteroatoms. The number of aliphatic hydroxyl groups is 1. The zero-order chi connectivity index (χ0) is 23.2. The second-order valence-electron chi connectivity index (χ2n) is 7.80. The first-order valence-electron chi connectivity index (χ1n) is 10.9. The number of aliphatic hydroxyl groups excluding tert-OH is 1. The molecule has 33 heavy (non-hydrogen) atoms. The summed E-state index contributed by atoms with van der Waals surface area (Å²) in [6.07, 6.45) is 8.50. The molecule has 0 radical (unpaired) electrons. The smallest absolute Gasteiger partial charge is 0.295 e. The van der Waals surface area contributed by atoms with Crippen LogP contribution in [0, 0.1) is 0 Å². The zero-order valence-electron chi connectivity index (χ0n) is 18.3. The largest absolute Gasteiger partial charge is 0.507 e. The van der Waals surface area contributed by atoms with Gasteiger partial charge in [-0.15, -0.1) is 0 Å². The van der Waals surface area contributed by atoms with Gasteiger partial charge in [0.05, 0.1) is 18.2 Å². The highest BCUT2D eigenvalue weighted by Gasteiger charge is 2.46. The van der Waals surface area contributed by atoms with Gasteiger partial charge in [-0.3, -0.25) is 19.6 Å². The molecule has 0 spiro atoms. The molecule has 1 saturated heterocycles. The number of Topliss-reactive ketones (excluding diaryl/α,β-unsaturated/α-hetero) is 1. The van der Waals surface area contributed by atoms with Gasteiger partial charge in [-0.25, -0.2) is 0 Å². The van der Waals surface area contributed by atoms with Gasteiger partial charge in [0.15, 0.2) is 0 Å². The van der Waals surface area contributed by atoms with E-state index >= 15 is 0 Å². The highest BCUT2D eigenvalue weighted by atomic mass is 16.5. The number of amides is 1. The van der Waals surface area contributed by atoms with Gasteiger partial charge in [0.25, 0.3) is 11.7 Å². The molecule has 0 bridgehead atoms. The first-order valence-corrected chi connectivity index (χ1v) is 10.9. The monoisotopic (exact) mass is 443 g/mol. The number of carbonyl (C=O) groups excluding carboxylic acids is 2. The van der Waals surface area contributed by atoms with Crippen molar-refractivity contribution in [1.29, 1.82) is 0 Å². The zero-order valence-corrected chi connectivity index (χ0v) is 18.3. The normalized spacial score (nSPS) is 17.4. The van der Waals surface area contributed by atoms with Gasteiger partial charge in [0, 0.05) is 36.9 Å². The highest BCUT2D eigenvalue weighted by molar-refractivity contribution is 6.46. The number of ether oxygens (including phenoxy) is 1. The van der Waals surface area contributed by atoms with Crippen molar-refractivity contribution in [2.75, 3.05) is 6.61 Å². The number of likely N-dealkylation sites (tertiary alicyclic amines) is 1. The molecule has 1 aliphatic heterocycles. The van der Waals surface area contributed by atoms with E-state index in [9.17, 15) is 14.7 Å². The van der Waals surface area contributed by atoms with Crippen LogP contribution in [0.3, 0.4) is 0 Å². The van der Waals surface area contributed by atoms with Crippen molar-refractivity contribution in [3.8, 4) is 5.75 Å². The van der Waals surface area contributed by atoms with Gasteiger partial charge in [-0.2, -0.15) is 0 Å². The number of pyridine rings is 2. The summed E-state index contributed by atoms with van der Waals surface area (Å²) < 4.78 is 5.68. The lowest BCUT2D eigenvalue weighted by molar-refractivity contribution is -0.140. The number of unbranched alkanes of at least 4 members (excludes halogenated alkanes) is 1. The maximum Gasteiger partial charge on any atom is 0.295 e. The molecule has 3 aromatic rings. The number of hydrogen-bond acceptors (Lipinski definition) is 6. The minimum absolute atomic E-state index is 0.0385. The van der Waals surface area contributed by atoms with E-state index in [-0.39, 0.29) is 17.9 Å². The lowest BCUT2D eigenvalue weighted by atomic mass is 9.96. The Kier molecular flexibility index (Phi) is 6.78. The van der Waals surface area contributed by atoms with Crippen molar-refractivity contribution in [3.05, 3.63) is 95.6 Å². The molecule has 168 valence electrons. The molecular weight excluding hydrogens is 418 g/mol. The average Bonchev–Trinajstić information content (AvgIpc) is 3.10. The Morgan fingerprint density at radius 2 is 1.76 bits per heavy atom. The van der Waals surface area contributed by atoms with Crippen molar-refractivity contribution >= 4 is 17.4 Å². The summed E-state index contributed by atoms with van der Waals surface area (Å²) in [6, 6.07) is 13.2. The van der Waals surface area contributed by atoms with Gasteiger partial charge in [-0.1, -0.05) is 25.5 Å². The Morgan fingerprint density at radius 1 is 1.03 bits per heavy atom.